The molecule has 25 heavy (non-hydrogen) atoms. The van der Waals surface area contributed by atoms with Gasteiger partial charge in [0.25, 0.3) is 0 Å². The summed E-state index contributed by atoms with van der Waals surface area (Å²) in [6.07, 6.45) is 10.4. The molecule has 136 valence electrons. The molecule has 0 unspecified atom stereocenters. The Bertz CT molecular complexity index is 559. The fourth-order valence-corrected chi connectivity index (χ4v) is 4.82. The number of hydrogen-bond donors (Lipinski definition) is 0. The van der Waals surface area contributed by atoms with E-state index >= 15 is 0 Å². The summed E-state index contributed by atoms with van der Waals surface area (Å²) in [4.78, 5) is 0. The summed E-state index contributed by atoms with van der Waals surface area (Å²) in [6.45, 7) is 0. The average Bonchev–Trinajstić information content (AvgIpc) is 2.60. The number of benzene rings is 2. The largest absolute Gasteiger partial charge is 0.162 e. The van der Waals surface area contributed by atoms with E-state index in [0.29, 0.717) is 0 Å². The maximum atomic E-state index is 3.54. The van der Waals surface area contributed by atoms with E-state index in [-0.39, 0.29) is 0 Å². The number of thioether (sulfide) groups is 1. The molecule has 0 bridgehead atoms. The fraction of sp³-hybridized carbons (Fsp3) is 0.455. The van der Waals surface area contributed by atoms with Crippen LogP contribution in [0.3, 0.4) is 0 Å². The lowest BCUT2D eigenvalue weighted by Gasteiger charge is -2.04. The minimum atomic E-state index is 1.19. The van der Waals surface area contributed by atoms with Crippen molar-refractivity contribution in [3.05, 3.63) is 68.6 Å². The number of hydrogen-bond acceptors (Lipinski definition) is 1. The number of halogens is 2. The maximum Gasteiger partial charge on any atom is 0.0177 e. The zero-order valence-corrected chi connectivity index (χ0v) is 18.8. The number of aryl methyl sites for hydroxylation is 2. The summed E-state index contributed by atoms with van der Waals surface area (Å²) in [7, 11) is 0. The highest BCUT2D eigenvalue weighted by Crippen LogP contribution is 2.17. The van der Waals surface area contributed by atoms with Gasteiger partial charge < -0.3 is 0 Å². The predicted octanol–water partition coefficient (Wildman–Crippen LogP) is 8.07. The van der Waals surface area contributed by atoms with Gasteiger partial charge in [-0.05, 0) is 85.4 Å². The summed E-state index contributed by atoms with van der Waals surface area (Å²) in [5.74, 6) is 2.65. The summed E-state index contributed by atoms with van der Waals surface area (Å²) in [6, 6.07) is 17.4. The van der Waals surface area contributed by atoms with Gasteiger partial charge in [-0.3, -0.25) is 0 Å². The number of rotatable bonds is 12. The molecule has 0 amide bonds. The molecule has 2 rings (SSSR count). The first-order valence-electron chi connectivity index (χ1n) is 9.31. The van der Waals surface area contributed by atoms with Gasteiger partial charge in [0.05, 0.1) is 0 Å². The van der Waals surface area contributed by atoms with Crippen molar-refractivity contribution in [2.45, 2.75) is 51.4 Å². The molecule has 0 atom stereocenters. The Kier molecular flexibility index (Phi) is 10.9. The van der Waals surface area contributed by atoms with Crippen LogP contribution in [0.25, 0.3) is 0 Å². The van der Waals surface area contributed by atoms with Gasteiger partial charge in [-0.25, -0.2) is 0 Å². The molecule has 0 aromatic heterocycles. The van der Waals surface area contributed by atoms with Crippen molar-refractivity contribution in [2.75, 3.05) is 11.5 Å². The van der Waals surface area contributed by atoms with Crippen LogP contribution >= 0.6 is 43.6 Å². The van der Waals surface area contributed by atoms with Gasteiger partial charge >= 0.3 is 0 Å². The normalized spacial score (nSPS) is 11.0. The molecule has 0 aliphatic rings. The van der Waals surface area contributed by atoms with Crippen LogP contribution in [0.5, 0.6) is 0 Å². The molecule has 2 aromatic rings. The summed E-state index contributed by atoms with van der Waals surface area (Å²) in [5.41, 5.74) is 2.90. The lowest BCUT2D eigenvalue weighted by molar-refractivity contribution is 0.715. The smallest absolute Gasteiger partial charge is 0.0177 e. The second-order valence-electron chi connectivity index (χ2n) is 6.49. The summed E-state index contributed by atoms with van der Waals surface area (Å²) < 4.78 is 2.39. The van der Waals surface area contributed by atoms with E-state index in [4.69, 9.17) is 0 Å². The van der Waals surface area contributed by atoms with Crippen LogP contribution in [0.15, 0.2) is 57.5 Å². The first-order valence-corrected chi connectivity index (χ1v) is 12.0. The Balaban J connectivity index is 1.38. The third kappa shape index (κ3) is 9.86. The van der Waals surface area contributed by atoms with Crippen molar-refractivity contribution in [3.8, 4) is 0 Å². The van der Waals surface area contributed by atoms with Crippen LogP contribution in [0.2, 0.25) is 0 Å². The van der Waals surface area contributed by atoms with Crippen molar-refractivity contribution in [1.82, 2.24) is 0 Å². The minimum absolute atomic E-state index is 1.19. The monoisotopic (exact) mass is 482 g/mol. The lowest BCUT2D eigenvalue weighted by Crippen LogP contribution is -1.90. The SMILES string of the molecule is Brc1cccc(CCCCCSCCCCCc2cccc(Br)c2)c1. The first kappa shape index (κ1) is 21.1. The van der Waals surface area contributed by atoms with Gasteiger partial charge in [0.2, 0.25) is 0 Å². The second kappa shape index (κ2) is 13.0. The molecule has 0 radical (unpaired) electrons. The maximum absolute atomic E-state index is 3.54. The van der Waals surface area contributed by atoms with E-state index in [2.05, 4.69) is 92.2 Å². The molecular formula is C22H28Br2S. The molecule has 2 aromatic carbocycles. The van der Waals surface area contributed by atoms with Gasteiger partial charge in [-0.1, -0.05) is 69.0 Å². The zero-order chi connectivity index (χ0) is 17.7. The molecule has 3 heteroatoms. The van der Waals surface area contributed by atoms with E-state index in [1.807, 2.05) is 0 Å². The van der Waals surface area contributed by atoms with E-state index in [1.54, 1.807) is 0 Å². The van der Waals surface area contributed by atoms with Crippen molar-refractivity contribution in [3.63, 3.8) is 0 Å². The molecule has 0 spiro atoms. The van der Waals surface area contributed by atoms with Crippen LogP contribution in [0, 0.1) is 0 Å². The Morgan fingerprint density at radius 3 is 1.52 bits per heavy atom. The van der Waals surface area contributed by atoms with E-state index in [9.17, 15) is 0 Å². The molecule has 0 saturated carbocycles. The highest BCUT2D eigenvalue weighted by molar-refractivity contribution is 9.10. The molecule has 0 aliphatic heterocycles. The van der Waals surface area contributed by atoms with Gasteiger partial charge in [-0.2, -0.15) is 11.8 Å². The van der Waals surface area contributed by atoms with Gasteiger partial charge in [0.1, 0.15) is 0 Å². The van der Waals surface area contributed by atoms with Crippen molar-refractivity contribution in [2.24, 2.45) is 0 Å². The first-order chi connectivity index (χ1) is 12.2. The average molecular weight is 484 g/mol. The van der Waals surface area contributed by atoms with Crippen LogP contribution in [0.1, 0.15) is 49.7 Å². The highest BCUT2D eigenvalue weighted by atomic mass is 79.9. The molecule has 0 fully saturated rings. The van der Waals surface area contributed by atoms with Gasteiger partial charge in [0.15, 0.2) is 0 Å². The van der Waals surface area contributed by atoms with Crippen molar-refractivity contribution < 1.29 is 0 Å². The predicted molar refractivity (Wildman–Crippen MR) is 121 cm³/mol. The van der Waals surface area contributed by atoms with Gasteiger partial charge in [0, 0.05) is 8.95 Å². The standard InChI is InChI=1S/C22H28Br2S/c23-21-13-7-11-19(17-21)9-3-1-5-15-25-16-6-2-4-10-20-12-8-14-22(24)18-20/h7-8,11-14,17-18H,1-6,9-10,15-16H2. The quantitative estimate of drug-likeness (QED) is 0.275. The second-order valence-corrected chi connectivity index (χ2v) is 9.55. The molecular weight excluding hydrogens is 456 g/mol. The Morgan fingerprint density at radius 1 is 0.600 bits per heavy atom. The topological polar surface area (TPSA) is 0 Å². The highest BCUT2D eigenvalue weighted by Gasteiger charge is 1.97. The Hall–Kier alpha value is -0.250. The van der Waals surface area contributed by atoms with Gasteiger partial charge in [-0.15, -0.1) is 0 Å². The third-order valence-corrected chi connectivity index (χ3v) is 6.43. The third-order valence-electron chi connectivity index (χ3n) is 4.29. The van der Waals surface area contributed by atoms with E-state index in [0.717, 1.165) is 0 Å². The van der Waals surface area contributed by atoms with E-state index in [1.165, 1.54) is 82.9 Å². The van der Waals surface area contributed by atoms with Crippen molar-refractivity contribution in [1.29, 1.82) is 0 Å². The number of unbranched alkanes of at least 4 members (excludes halogenated alkanes) is 4. The fourth-order valence-electron chi connectivity index (χ4n) is 2.91. The Morgan fingerprint density at radius 2 is 1.08 bits per heavy atom. The van der Waals surface area contributed by atoms with Crippen LogP contribution in [0.4, 0.5) is 0 Å². The Labute approximate surface area is 174 Å². The molecule has 0 saturated heterocycles. The van der Waals surface area contributed by atoms with Crippen LogP contribution in [-0.2, 0) is 12.8 Å². The molecule has 0 aliphatic carbocycles. The molecule has 0 heterocycles. The molecule has 0 N–H and O–H groups in total. The summed E-state index contributed by atoms with van der Waals surface area (Å²) >= 11 is 9.22. The summed E-state index contributed by atoms with van der Waals surface area (Å²) in [5, 5.41) is 0. The lowest BCUT2D eigenvalue weighted by atomic mass is 10.1. The van der Waals surface area contributed by atoms with Crippen molar-refractivity contribution >= 4 is 43.6 Å². The minimum Gasteiger partial charge on any atom is -0.162 e. The van der Waals surface area contributed by atoms with Crippen LogP contribution < -0.4 is 0 Å². The van der Waals surface area contributed by atoms with Crippen LogP contribution in [-0.4, -0.2) is 11.5 Å². The van der Waals surface area contributed by atoms with E-state index < -0.39 is 0 Å². The zero-order valence-electron chi connectivity index (χ0n) is 14.9. The molecule has 0 nitrogen and oxygen atoms in total.